The van der Waals surface area contributed by atoms with E-state index in [1.54, 1.807) is 6.92 Å². The Labute approximate surface area is 135 Å². The Balaban J connectivity index is 2.02. The second-order valence-corrected chi connectivity index (χ2v) is 7.51. The van der Waals surface area contributed by atoms with E-state index in [0.717, 1.165) is 0 Å². The molecule has 0 amide bonds. The monoisotopic (exact) mass is 324 g/mol. The number of hydrogen-bond acceptors (Lipinski definition) is 6. The summed E-state index contributed by atoms with van der Waals surface area (Å²) in [7, 11) is 0. The largest absolute Gasteiger partial charge is 0.459 e. The van der Waals surface area contributed by atoms with E-state index in [0.29, 0.717) is 18.4 Å². The molecule has 7 atom stereocenters. The Bertz CT molecular complexity index is 571. The van der Waals surface area contributed by atoms with Crippen LogP contribution in [0.1, 0.15) is 40.0 Å². The highest BCUT2D eigenvalue weighted by molar-refractivity contribution is 5.90. The smallest absolute Gasteiger partial charge is 0.334 e. The van der Waals surface area contributed by atoms with Crippen LogP contribution < -0.4 is 0 Å². The lowest BCUT2D eigenvalue weighted by atomic mass is 9.73. The number of fused-ring (bicyclic) bond motifs is 2. The SMILES string of the molecule is C=C1C(=O)OC2CC(C)C3(O)C(O)CC(C)(OC(C)=O)C3CC12. The van der Waals surface area contributed by atoms with Crippen molar-refractivity contribution in [1.82, 2.24) is 0 Å². The van der Waals surface area contributed by atoms with Crippen molar-refractivity contribution in [2.24, 2.45) is 17.8 Å². The number of esters is 2. The van der Waals surface area contributed by atoms with Crippen LogP contribution in [0.2, 0.25) is 0 Å². The lowest BCUT2D eigenvalue weighted by Gasteiger charge is -2.40. The molecule has 0 aromatic carbocycles. The number of aliphatic hydroxyl groups excluding tert-OH is 1. The molecule has 0 aromatic heterocycles. The van der Waals surface area contributed by atoms with Gasteiger partial charge in [0.25, 0.3) is 0 Å². The summed E-state index contributed by atoms with van der Waals surface area (Å²) in [6.45, 7) is 8.73. The molecule has 2 aliphatic carbocycles. The first-order valence-electron chi connectivity index (χ1n) is 8.09. The lowest BCUT2D eigenvalue weighted by Crippen LogP contribution is -2.51. The van der Waals surface area contributed by atoms with Gasteiger partial charge >= 0.3 is 11.9 Å². The average molecular weight is 324 g/mol. The summed E-state index contributed by atoms with van der Waals surface area (Å²) in [6, 6.07) is 0. The topological polar surface area (TPSA) is 93.1 Å². The molecule has 0 bridgehead atoms. The van der Waals surface area contributed by atoms with Gasteiger partial charge in [0, 0.05) is 30.8 Å². The fraction of sp³-hybridized carbons (Fsp3) is 0.765. The summed E-state index contributed by atoms with van der Waals surface area (Å²) in [4.78, 5) is 23.3. The molecule has 7 unspecified atom stereocenters. The maximum Gasteiger partial charge on any atom is 0.334 e. The summed E-state index contributed by atoms with van der Waals surface area (Å²) < 4.78 is 10.9. The molecule has 23 heavy (non-hydrogen) atoms. The first-order valence-corrected chi connectivity index (χ1v) is 8.09. The van der Waals surface area contributed by atoms with Crippen LogP contribution in [0, 0.1) is 17.8 Å². The van der Waals surface area contributed by atoms with Gasteiger partial charge in [0.15, 0.2) is 0 Å². The Morgan fingerprint density at radius 2 is 2.09 bits per heavy atom. The van der Waals surface area contributed by atoms with Crippen molar-refractivity contribution in [2.75, 3.05) is 0 Å². The van der Waals surface area contributed by atoms with E-state index in [4.69, 9.17) is 9.47 Å². The van der Waals surface area contributed by atoms with E-state index < -0.39 is 35.2 Å². The number of carbonyl (C=O) groups is 2. The highest BCUT2D eigenvalue weighted by Gasteiger charge is 2.66. The second-order valence-electron chi connectivity index (χ2n) is 7.51. The molecule has 1 heterocycles. The second kappa shape index (κ2) is 5.05. The van der Waals surface area contributed by atoms with Crippen molar-refractivity contribution < 1.29 is 29.3 Å². The van der Waals surface area contributed by atoms with Crippen molar-refractivity contribution in [3.8, 4) is 0 Å². The zero-order chi connectivity index (χ0) is 17.2. The van der Waals surface area contributed by atoms with Crippen molar-refractivity contribution in [3.63, 3.8) is 0 Å². The number of rotatable bonds is 1. The van der Waals surface area contributed by atoms with E-state index in [-0.39, 0.29) is 24.4 Å². The molecular formula is C17H24O6. The molecule has 2 saturated carbocycles. The van der Waals surface area contributed by atoms with Crippen molar-refractivity contribution in [2.45, 2.75) is 63.4 Å². The molecule has 1 aliphatic heterocycles. The summed E-state index contributed by atoms with van der Waals surface area (Å²) >= 11 is 0. The van der Waals surface area contributed by atoms with Gasteiger partial charge in [-0.25, -0.2) is 4.79 Å². The Hall–Kier alpha value is -1.40. The van der Waals surface area contributed by atoms with Crippen molar-refractivity contribution in [3.05, 3.63) is 12.2 Å². The molecular weight excluding hydrogens is 300 g/mol. The lowest BCUT2D eigenvalue weighted by molar-refractivity contribution is -0.169. The minimum atomic E-state index is -1.37. The first kappa shape index (κ1) is 16.5. The van der Waals surface area contributed by atoms with Crippen LogP contribution in [0.25, 0.3) is 0 Å². The van der Waals surface area contributed by atoms with Gasteiger partial charge in [0.05, 0.1) is 11.7 Å². The quantitative estimate of drug-likeness (QED) is 0.551. The van der Waals surface area contributed by atoms with Crippen LogP contribution in [-0.2, 0) is 19.1 Å². The maximum atomic E-state index is 11.8. The van der Waals surface area contributed by atoms with Gasteiger partial charge < -0.3 is 19.7 Å². The Kier molecular flexibility index (Phi) is 3.61. The van der Waals surface area contributed by atoms with E-state index >= 15 is 0 Å². The normalized spacial score (nSPS) is 49.2. The fourth-order valence-electron chi connectivity index (χ4n) is 4.93. The van der Waals surface area contributed by atoms with Gasteiger partial charge in [-0.3, -0.25) is 4.79 Å². The number of aliphatic hydroxyl groups is 2. The minimum Gasteiger partial charge on any atom is -0.459 e. The fourth-order valence-corrected chi connectivity index (χ4v) is 4.93. The van der Waals surface area contributed by atoms with Gasteiger partial charge in [-0.15, -0.1) is 0 Å². The molecule has 6 heteroatoms. The number of carbonyl (C=O) groups excluding carboxylic acids is 2. The molecule has 3 aliphatic rings. The van der Waals surface area contributed by atoms with Crippen LogP contribution in [0.3, 0.4) is 0 Å². The zero-order valence-corrected chi connectivity index (χ0v) is 13.7. The van der Waals surface area contributed by atoms with Crippen LogP contribution in [0.15, 0.2) is 12.2 Å². The van der Waals surface area contributed by atoms with Crippen LogP contribution in [0.4, 0.5) is 0 Å². The Morgan fingerprint density at radius 3 is 2.70 bits per heavy atom. The van der Waals surface area contributed by atoms with Gasteiger partial charge in [-0.2, -0.15) is 0 Å². The molecule has 0 aromatic rings. The van der Waals surface area contributed by atoms with Gasteiger partial charge in [-0.1, -0.05) is 13.5 Å². The van der Waals surface area contributed by atoms with Crippen molar-refractivity contribution >= 4 is 11.9 Å². The third-order valence-electron chi connectivity index (χ3n) is 6.09. The standard InChI is InChI=1S/C17H24O6/c1-8-5-12-11(9(2)15(20)22-12)6-13-16(4,23-10(3)18)7-14(19)17(8,13)21/h8,11-14,19,21H,2,5-7H2,1,3-4H3. The average Bonchev–Trinajstić information content (AvgIpc) is 2.72. The van der Waals surface area contributed by atoms with E-state index in [2.05, 4.69) is 6.58 Å². The summed E-state index contributed by atoms with van der Waals surface area (Å²) in [5.74, 6) is -1.84. The highest BCUT2D eigenvalue weighted by atomic mass is 16.6. The number of hydrogen-bond donors (Lipinski definition) is 2. The molecule has 3 fully saturated rings. The summed E-state index contributed by atoms with van der Waals surface area (Å²) in [6.07, 6.45) is -0.299. The van der Waals surface area contributed by atoms with E-state index in [9.17, 15) is 19.8 Å². The molecule has 1 saturated heterocycles. The molecule has 0 radical (unpaired) electrons. The molecule has 6 nitrogen and oxygen atoms in total. The summed E-state index contributed by atoms with van der Waals surface area (Å²) in [5, 5.41) is 21.8. The molecule has 0 spiro atoms. The predicted octanol–water partition coefficient (Wildman–Crippen LogP) is 0.948. The zero-order valence-electron chi connectivity index (χ0n) is 13.7. The third kappa shape index (κ3) is 2.22. The van der Waals surface area contributed by atoms with E-state index in [1.807, 2.05) is 6.92 Å². The highest BCUT2D eigenvalue weighted by Crippen LogP contribution is 2.56. The van der Waals surface area contributed by atoms with Gasteiger partial charge in [0.2, 0.25) is 0 Å². The minimum absolute atomic E-state index is 0.177. The third-order valence-corrected chi connectivity index (χ3v) is 6.09. The molecule has 3 rings (SSSR count). The first-order chi connectivity index (χ1) is 10.6. The van der Waals surface area contributed by atoms with Crippen LogP contribution >= 0.6 is 0 Å². The maximum absolute atomic E-state index is 11.8. The van der Waals surface area contributed by atoms with Gasteiger partial charge in [0.1, 0.15) is 11.7 Å². The van der Waals surface area contributed by atoms with E-state index in [1.165, 1.54) is 6.92 Å². The van der Waals surface area contributed by atoms with Crippen LogP contribution in [-0.4, -0.2) is 45.6 Å². The van der Waals surface area contributed by atoms with Gasteiger partial charge in [-0.05, 0) is 25.7 Å². The predicted molar refractivity (Wildman–Crippen MR) is 80.1 cm³/mol. The Morgan fingerprint density at radius 1 is 1.43 bits per heavy atom. The summed E-state index contributed by atoms with van der Waals surface area (Å²) in [5.41, 5.74) is -1.95. The number of ether oxygens (including phenoxy) is 2. The van der Waals surface area contributed by atoms with Crippen molar-refractivity contribution in [1.29, 1.82) is 0 Å². The molecule has 2 N–H and O–H groups in total. The molecule has 128 valence electrons. The van der Waals surface area contributed by atoms with Crippen LogP contribution in [0.5, 0.6) is 0 Å².